The molecule has 0 radical (unpaired) electrons. The van der Waals surface area contributed by atoms with Gasteiger partial charge in [0.2, 0.25) is 0 Å². The predicted molar refractivity (Wildman–Crippen MR) is 79.9 cm³/mol. The lowest BCUT2D eigenvalue weighted by atomic mass is 10.1. The van der Waals surface area contributed by atoms with Gasteiger partial charge in [-0.05, 0) is 35.4 Å². The fraction of sp³-hybridized carbons (Fsp3) is 0.200. The number of rotatable bonds is 4. The molecule has 0 heterocycles. The third-order valence-electron chi connectivity index (χ3n) is 2.79. The maximum atomic E-state index is 13.0. The number of hydrogen-bond acceptors (Lipinski definition) is 1. The number of halogens is 5. The van der Waals surface area contributed by atoms with E-state index in [1.807, 2.05) is 0 Å². The van der Waals surface area contributed by atoms with Crippen molar-refractivity contribution >= 4 is 27.5 Å². The molecule has 0 aliphatic rings. The molecule has 21 heavy (non-hydrogen) atoms. The second kappa shape index (κ2) is 6.71. The van der Waals surface area contributed by atoms with Crippen LogP contribution in [0.4, 0.5) is 13.2 Å². The lowest BCUT2D eigenvalue weighted by molar-refractivity contribution is -0.139. The van der Waals surface area contributed by atoms with Crippen LogP contribution in [0.2, 0.25) is 5.02 Å². The standard InChI is InChI=1S/C15H11BrClF3O/c16-8-10-4-5-14(13(7-10)15(18,19)20)21-9-11-2-1-3-12(17)6-11/h1-7H,8-9H2. The van der Waals surface area contributed by atoms with Crippen LogP contribution < -0.4 is 4.74 Å². The Morgan fingerprint density at radius 1 is 1.05 bits per heavy atom. The summed E-state index contributed by atoms with van der Waals surface area (Å²) in [6.07, 6.45) is -4.46. The first kappa shape index (κ1) is 16.2. The Labute approximate surface area is 133 Å². The number of benzene rings is 2. The van der Waals surface area contributed by atoms with Crippen molar-refractivity contribution in [2.45, 2.75) is 18.1 Å². The molecule has 0 aliphatic heterocycles. The Balaban J connectivity index is 2.23. The molecular weight excluding hydrogens is 369 g/mol. The van der Waals surface area contributed by atoms with Crippen LogP contribution in [0.5, 0.6) is 5.75 Å². The van der Waals surface area contributed by atoms with Gasteiger partial charge in [-0.25, -0.2) is 0 Å². The number of hydrogen-bond donors (Lipinski definition) is 0. The van der Waals surface area contributed by atoms with Gasteiger partial charge >= 0.3 is 6.18 Å². The van der Waals surface area contributed by atoms with Crippen LogP contribution in [0.25, 0.3) is 0 Å². The fourth-order valence-electron chi connectivity index (χ4n) is 1.80. The lowest BCUT2D eigenvalue weighted by Gasteiger charge is -2.15. The van der Waals surface area contributed by atoms with Crippen molar-refractivity contribution in [1.82, 2.24) is 0 Å². The van der Waals surface area contributed by atoms with Crippen molar-refractivity contribution in [2.24, 2.45) is 0 Å². The van der Waals surface area contributed by atoms with Crippen LogP contribution >= 0.6 is 27.5 Å². The zero-order chi connectivity index (χ0) is 15.5. The minimum atomic E-state index is -4.46. The molecular formula is C15H11BrClF3O. The maximum Gasteiger partial charge on any atom is 0.419 e. The van der Waals surface area contributed by atoms with Gasteiger partial charge in [0.25, 0.3) is 0 Å². The van der Waals surface area contributed by atoms with Crippen LogP contribution in [-0.4, -0.2) is 0 Å². The predicted octanol–water partition coefficient (Wildman–Crippen LogP) is 5.83. The van der Waals surface area contributed by atoms with Gasteiger partial charge in [0, 0.05) is 10.4 Å². The summed E-state index contributed by atoms with van der Waals surface area (Å²) >= 11 is 8.97. The van der Waals surface area contributed by atoms with E-state index in [2.05, 4.69) is 15.9 Å². The molecule has 0 unspecified atom stereocenters. The summed E-state index contributed by atoms with van der Waals surface area (Å²) in [7, 11) is 0. The third-order valence-corrected chi connectivity index (χ3v) is 3.67. The van der Waals surface area contributed by atoms with Gasteiger partial charge in [0.15, 0.2) is 0 Å². The van der Waals surface area contributed by atoms with Crippen molar-refractivity contribution in [3.05, 3.63) is 64.2 Å². The van der Waals surface area contributed by atoms with Gasteiger partial charge in [0.1, 0.15) is 12.4 Å². The molecule has 0 N–H and O–H groups in total. The first-order chi connectivity index (χ1) is 9.90. The zero-order valence-electron chi connectivity index (χ0n) is 10.8. The summed E-state index contributed by atoms with van der Waals surface area (Å²) in [5.74, 6) is -0.188. The van der Waals surface area contributed by atoms with E-state index in [0.717, 1.165) is 6.07 Å². The molecule has 0 bridgehead atoms. The minimum Gasteiger partial charge on any atom is -0.488 e. The van der Waals surface area contributed by atoms with E-state index in [1.54, 1.807) is 30.3 Å². The van der Waals surface area contributed by atoms with Crippen molar-refractivity contribution in [2.75, 3.05) is 0 Å². The normalized spacial score (nSPS) is 11.5. The van der Waals surface area contributed by atoms with Crippen LogP contribution in [0, 0.1) is 0 Å². The highest BCUT2D eigenvalue weighted by atomic mass is 79.9. The quantitative estimate of drug-likeness (QED) is 0.607. The van der Waals surface area contributed by atoms with Crippen molar-refractivity contribution in [3.8, 4) is 5.75 Å². The van der Waals surface area contributed by atoms with Crippen molar-refractivity contribution in [3.63, 3.8) is 0 Å². The second-order valence-electron chi connectivity index (χ2n) is 4.38. The van der Waals surface area contributed by atoms with Crippen LogP contribution in [0.3, 0.4) is 0 Å². The number of alkyl halides is 4. The molecule has 0 spiro atoms. The van der Waals surface area contributed by atoms with E-state index in [4.69, 9.17) is 16.3 Å². The van der Waals surface area contributed by atoms with E-state index in [1.165, 1.54) is 6.07 Å². The van der Waals surface area contributed by atoms with Gasteiger partial charge < -0.3 is 4.74 Å². The monoisotopic (exact) mass is 378 g/mol. The summed E-state index contributed by atoms with van der Waals surface area (Å²) in [5.41, 5.74) is 0.471. The molecule has 0 amide bonds. The summed E-state index contributed by atoms with van der Waals surface area (Å²) < 4.78 is 44.4. The first-order valence-electron chi connectivity index (χ1n) is 6.03. The Bertz CT molecular complexity index is 629. The Morgan fingerprint density at radius 3 is 2.43 bits per heavy atom. The SMILES string of the molecule is FC(F)(F)c1cc(CBr)ccc1OCc1cccc(Cl)c1. The molecule has 0 aromatic heterocycles. The molecule has 1 nitrogen and oxygen atoms in total. The number of ether oxygens (including phenoxy) is 1. The highest BCUT2D eigenvalue weighted by Crippen LogP contribution is 2.37. The Morgan fingerprint density at radius 2 is 1.81 bits per heavy atom. The van der Waals surface area contributed by atoms with Gasteiger partial charge in [0.05, 0.1) is 5.56 Å². The van der Waals surface area contributed by atoms with Gasteiger partial charge in [-0.1, -0.05) is 45.7 Å². The minimum absolute atomic E-state index is 0.0251. The summed E-state index contributed by atoms with van der Waals surface area (Å²) in [6.45, 7) is 0.0251. The molecule has 2 aromatic rings. The topological polar surface area (TPSA) is 9.23 Å². The summed E-state index contributed by atoms with van der Waals surface area (Å²) in [4.78, 5) is 0. The van der Waals surface area contributed by atoms with Gasteiger partial charge in [-0.3, -0.25) is 0 Å². The smallest absolute Gasteiger partial charge is 0.419 e. The van der Waals surface area contributed by atoms with Crippen LogP contribution in [0.15, 0.2) is 42.5 Å². The van der Waals surface area contributed by atoms with E-state index in [9.17, 15) is 13.2 Å². The average molecular weight is 380 g/mol. The van der Waals surface area contributed by atoms with E-state index in [-0.39, 0.29) is 12.4 Å². The largest absolute Gasteiger partial charge is 0.488 e. The molecule has 2 aromatic carbocycles. The van der Waals surface area contributed by atoms with Gasteiger partial charge in [-0.15, -0.1) is 0 Å². The molecule has 0 saturated heterocycles. The summed E-state index contributed by atoms with van der Waals surface area (Å²) in [5, 5.41) is 0.867. The highest BCUT2D eigenvalue weighted by Gasteiger charge is 2.34. The van der Waals surface area contributed by atoms with E-state index < -0.39 is 11.7 Å². The zero-order valence-corrected chi connectivity index (χ0v) is 13.1. The molecule has 0 fully saturated rings. The molecule has 0 aliphatic carbocycles. The van der Waals surface area contributed by atoms with Crippen molar-refractivity contribution in [1.29, 1.82) is 0 Å². The Kier molecular flexibility index (Phi) is 5.17. The Hall–Kier alpha value is -1.20. The second-order valence-corrected chi connectivity index (χ2v) is 5.38. The molecule has 0 atom stereocenters. The first-order valence-corrected chi connectivity index (χ1v) is 7.53. The molecule has 112 valence electrons. The van der Waals surface area contributed by atoms with E-state index >= 15 is 0 Å². The van der Waals surface area contributed by atoms with Crippen molar-refractivity contribution < 1.29 is 17.9 Å². The third kappa shape index (κ3) is 4.38. The lowest BCUT2D eigenvalue weighted by Crippen LogP contribution is -2.09. The average Bonchev–Trinajstić information content (AvgIpc) is 2.44. The van der Waals surface area contributed by atoms with Crippen LogP contribution in [-0.2, 0) is 18.1 Å². The van der Waals surface area contributed by atoms with Crippen LogP contribution in [0.1, 0.15) is 16.7 Å². The molecule has 6 heteroatoms. The molecule has 2 rings (SSSR count). The van der Waals surface area contributed by atoms with Gasteiger partial charge in [-0.2, -0.15) is 13.2 Å². The highest BCUT2D eigenvalue weighted by molar-refractivity contribution is 9.08. The summed E-state index contributed by atoms with van der Waals surface area (Å²) in [6, 6.07) is 10.8. The molecule has 0 saturated carbocycles. The maximum absolute atomic E-state index is 13.0. The van der Waals surface area contributed by atoms with E-state index in [0.29, 0.717) is 21.5 Å². The fourth-order valence-corrected chi connectivity index (χ4v) is 2.36.